The summed E-state index contributed by atoms with van der Waals surface area (Å²) in [5.74, 6) is -0.446. The van der Waals surface area contributed by atoms with Crippen LogP contribution in [0.5, 0.6) is 0 Å². The summed E-state index contributed by atoms with van der Waals surface area (Å²) in [4.78, 5) is 6.83. The van der Waals surface area contributed by atoms with Gasteiger partial charge < -0.3 is 11.1 Å². The van der Waals surface area contributed by atoms with Gasteiger partial charge in [0.15, 0.2) is 0 Å². The van der Waals surface area contributed by atoms with Crippen LogP contribution in [0.3, 0.4) is 0 Å². The highest BCUT2D eigenvalue weighted by Gasteiger charge is 2.35. The molecule has 0 saturated carbocycles. The lowest BCUT2D eigenvalue weighted by Crippen LogP contribution is -2.14. The van der Waals surface area contributed by atoms with Crippen LogP contribution >= 0.6 is 0 Å². The summed E-state index contributed by atoms with van der Waals surface area (Å²) in [5, 5.41) is 2.56. The Morgan fingerprint density at radius 2 is 2.13 bits per heavy atom. The molecule has 7 heteroatoms. The molecule has 0 spiro atoms. The van der Waals surface area contributed by atoms with Crippen molar-refractivity contribution >= 4 is 11.8 Å². The van der Waals surface area contributed by atoms with Crippen LogP contribution in [0.15, 0.2) is 6.20 Å². The van der Waals surface area contributed by atoms with Crippen molar-refractivity contribution in [2.45, 2.75) is 19.5 Å². The number of anilines is 2. The van der Waals surface area contributed by atoms with Crippen molar-refractivity contribution in [3.05, 3.63) is 11.8 Å². The Morgan fingerprint density at radius 1 is 1.47 bits per heavy atom. The number of nitrogens with one attached hydrogen (secondary N) is 1. The molecule has 0 fully saturated rings. The van der Waals surface area contributed by atoms with Gasteiger partial charge in [-0.2, -0.15) is 18.2 Å². The Kier molecular flexibility index (Phi) is 3.33. The summed E-state index contributed by atoms with van der Waals surface area (Å²) in [5.41, 5.74) is 4.31. The number of aromatic nitrogens is 2. The number of hydrogen-bond acceptors (Lipinski definition) is 4. The van der Waals surface area contributed by atoms with Crippen molar-refractivity contribution in [1.82, 2.24) is 9.97 Å². The second-order valence-corrected chi connectivity index (χ2v) is 2.92. The minimum absolute atomic E-state index is 0.179. The van der Waals surface area contributed by atoms with Gasteiger partial charge in [0.2, 0.25) is 5.95 Å². The number of nitrogens with two attached hydrogens (primary N) is 1. The first-order chi connectivity index (χ1) is 6.95. The predicted octanol–water partition coefficient (Wildman–Crippen LogP) is 1.90. The maximum Gasteiger partial charge on any atom is 0.421 e. The summed E-state index contributed by atoms with van der Waals surface area (Å²) in [7, 11) is 0. The fourth-order valence-corrected chi connectivity index (χ4v) is 0.981. The fraction of sp³-hybridized carbons (Fsp3) is 0.500. The average molecular weight is 220 g/mol. The smallest absolute Gasteiger partial charge is 0.369 e. The van der Waals surface area contributed by atoms with Gasteiger partial charge in [-0.3, -0.25) is 0 Å². The van der Waals surface area contributed by atoms with Crippen LogP contribution in [-0.2, 0) is 6.18 Å². The third-order valence-electron chi connectivity index (χ3n) is 1.66. The number of halogens is 3. The Bertz CT molecular complexity index is 337. The molecule has 15 heavy (non-hydrogen) atoms. The van der Waals surface area contributed by atoms with Gasteiger partial charge in [0.1, 0.15) is 11.4 Å². The van der Waals surface area contributed by atoms with Crippen molar-refractivity contribution < 1.29 is 13.2 Å². The zero-order chi connectivity index (χ0) is 11.5. The summed E-state index contributed by atoms with van der Waals surface area (Å²) in [6.45, 7) is 2.24. The molecule has 84 valence electrons. The Hall–Kier alpha value is -1.53. The van der Waals surface area contributed by atoms with E-state index in [-0.39, 0.29) is 11.8 Å². The van der Waals surface area contributed by atoms with Gasteiger partial charge in [-0.1, -0.05) is 6.92 Å². The van der Waals surface area contributed by atoms with E-state index in [1.54, 1.807) is 0 Å². The van der Waals surface area contributed by atoms with Crippen molar-refractivity contribution in [1.29, 1.82) is 0 Å². The normalized spacial score (nSPS) is 11.5. The molecule has 1 rings (SSSR count). The van der Waals surface area contributed by atoms with Crippen LogP contribution in [-0.4, -0.2) is 16.5 Å². The number of nitrogen functional groups attached to an aromatic ring is 1. The quantitative estimate of drug-likeness (QED) is 0.816. The van der Waals surface area contributed by atoms with E-state index in [1.165, 1.54) is 0 Å². The van der Waals surface area contributed by atoms with E-state index in [0.717, 1.165) is 0 Å². The Labute approximate surface area is 84.7 Å². The molecule has 0 aromatic carbocycles. The van der Waals surface area contributed by atoms with Gasteiger partial charge in [-0.25, -0.2) is 4.98 Å². The van der Waals surface area contributed by atoms with Crippen LogP contribution in [0.25, 0.3) is 0 Å². The summed E-state index contributed by atoms with van der Waals surface area (Å²) in [6, 6.07) is 0. The van der Waals surface area contributed by atoms with Gasteiger partial charge in [-0.05, 0) is 6.42 Å². The lowest BCUT2D eigenvalue weighted by molar-refractivity contribution is -0.137. The van der Waals surface area contributed by atoms with Gasteiger partial charge in [-0.15, -0.1) is 0 Å². The maximum atomic E-state index is 12.4. The lowest BCUT2D eigenvalue weighted by atomic mass is 10.3. The molecular weight excluding hydrogens is 209 g/mol. The molecule has 0 unspecified atom stereocenters. The van der Waals surface area contributed by atoms with Crippen LogP contribution < -0.4 is 11.1 Å². The first-order valence-corrected chi connectivity index (χ1v) is 4.38. The molecule has 0 aliphatic carbocycles. The highest BCUT2D eigenvalue weighted by atomic mass is 19.4. The van der Waals surface area contributed by atoms with Crippen LogP contribution in [0.4, 0.5) is 24.9 Å². The zero-order valence-corrected chi connectivity index (χ0v) is 8.10. The first kappa shape index (κ1) is 11.5. The minimum atomic E-state index is -4.47. The molecule has 0 aliphatic heterocycles. The molecule has 0 radical (unpaired) electrons. The standard InChI is InChI=1S/C8H11F3N4/c1-2-3-13-6-5(8(9,10)11)4-14-7(12)15-6/h4H,2-3H2,1H3,(H3,12,13,14,15). The molecule has 0 bridgehead atoms. The fourth-order valence-electron chi connectivity index (χ4n) is 0.981. The number of hydrogen-bond donors (Lipinski definition) is 2. The monoisotopic (exact) mass is 220 g/mol. The Morgan fingerprint density at radius 3 is 2.67 bits per heavy atom. The number of rotatable bonds is 3. The van der Waals surface area contributed by atoms with E-state index < -0.39 is 11.7 Å². The van der Waals surface area contributed by atoms with E-state index in [1.807, 2.05) is 6.92 Å². The molecule has 1 aromatic rings. The van der Waals surface area contributed by atoms with Crippen molar-refractivity contribution in [2.24, 2.45) is 0 Å². The summed E-state index contributed by atoms with van der Waals surface area (Å²) in [6.07, 6.45) is -3.09. The molecule has 1 aromatic heterocycles. The average Bonchev–Trinajstić information content (AvgIpc) is 2.12. The minimum Gasteiger partial charge on any atom is -0.369 e. The van der Waals surface area contributed by atoms with Gasteiger partial charge >= 0.3 is 6.18 Å². The first-order valence-electron chi connectivity index (χ1n) is 4.38. The highest BCUT2D eigenvalue weighted by Crippen LogP contribution is 2.33. The van der Waals surface area contributed by atoms with Gasteiger partial charge in [0.05, 0.1) is 0 Å². The molecule has 0 atom stereocenters. The van der Waals surface area contributed by atoms with Gasteiger partial charge in [0.25, 0.3) is 0 Å². The zero-order valence-electron chi connectivity index (χ0n) is 8.10. The highest BCUT2D eigenvalue weighted by molar-refractivity contribution is 5.47. The SMILES string of the molecule is CCCNc1nc(N)ncc1C(F)(F)F. The molecule has 3 N–H and O–H groups in total. The molecule has 0 amide bonds. The van der Waals surface area contributed by atoms with E-state index in [2.05, 4.69) is 15.3 Å². The maximum absolute atomic E-state index is 12.4. The van der Waals surface area contributed by atoms with Crippen molar-refractivity contribution in [3.8, 4) is 0 Å². The lowest BCUT2D eigenvalue weighted by Gasteiger charge is -2.12. The van der Waals surface area contributed by atoms with Crippen molar-refractivity contribution in [3.63, 3.8) is 0 Å². The molecule has 1 heterocycles. The van der Waals surface area contributed by atoms with Gasteiger partial charge in [0, 0.05) is 12.7 Å². The van der Waals surface area contributed by atoms with Crippen molar-refractivity contribution in [2.75, 3.05) is 17.6 Å². The van der Waals surface area contributed by atoms with Crippen LogP contribution in [0.1, 0.15) is 18.9 Å². The van der Waals surface area contributed by atoms with E-state index in [4.69, 9.17) is 5.73 Å². The Balaban J connectivity index is 3.03. The molecule has 4 nitrogen and oxygen atoms in total. The molecule has 0 aliphatic rings. The number of nitrogens with zero attached hydrogens (tertiary/aromatic N) is 2. The largest absolute Gasteiger partial charge is 0.421 e. The van der Waals surface area contributed by atoms with E-state index >= 15 is 0 Å². The third kappa shape index (κ3) is 2.97. The second-order valence-electron chi connectivity index (χ2n) is 2.92. The second kappa shape index (κ2) is 4.33. The summed E-state index contributed by atoms with van der Waals surface area (Å²) >= 11 is 0. The third-order valence-corrected chi connectivity index (χ3v) is 1.66. The molecule has 0 saturated heterocycles. The molecular formula is C8H11F3N4. The van der Waals surface area contributed by atoms with E-state index in [0.29, 0.717) is 19.2 Å². The van der Waals surface area contributed by atoms with Crippen LogP contribution in [0.2, 0.25) is 0 Å². The summed E-state index contributed by atoms with van der Waals surface area (Å²) < 4.78 is 37.3. The number of alkyl halides is 3. The topological polar surface area (TPSA) is 63.8 Å². The van der Waals surface area contributed by atoms with E-state index in [9.17, 15) is 13.2 Å². The predicted molar refractivity (Wildman–Crippen MR) is 50.2 cm³/mol. The van der Waals surface area contributed by atoms with Crippen LogP contribution in [0, 0.1) is 0 Å².